The zero-order valence-corrected chi connectivity index (χ0v) is 9.52. The van der Waals surface area contributed by atoms with E-state index in [-0.39, 0.29) is 0 Å². The fraction of sp³-hybridized carbons (Fsp3) is 0.857. The standard InChI is InChI=1S/C14H18O2/c15-10-3-7-1-9-2-8-4-11(16)6-13(8)14(9)12(7)5-10/h7-9,12-14H,1-6H2. The molecule has 4 unspecified atom stereocenters. The number of ketones is 2. The quantitative estimate of drug-likeness (QED) is 0.624. The van der Waals surface area contributed by atoms with Crippen molar-refractivity contribution in [1.82, 2.24) is 0 Å². The molecule has 0 saturated heterocycles. The number of Topliss-reactive ketones (excluding diaryl/α,β-unsaturated/α-hetero) is 2. The largest absolute Gasteiger partial charge is 0.300 e. The highest BCUT2D eigenvalue weighted by Crippen LogP contribution is 2.62. The predicted octanol–water partition coefficient (Wildman–Crippen LogP) is 2.22. The average molecular weight is 218 g/mol. The second-order valence-electron chi connectivity index (χ2n) is 6.55. The van der Waals surface area contributed by atoms with E-state index in [1.807, 2.05) is 0 Å². The van der Waals surface area contributed by atoms with Crippen LogP contribution in [0.5, 0.6) is 0 Å². The molecule has 4 atom stereocenters. The Labute approximate surface area is 95.8 Å². The maximum Gasteiger partial charge on any atom is 0.133 e. The van der Waals surface area contributed by atoms with Gasteiger partial charge in [0.2, 0.25) is 0 Å². The summed E-state index contributed by atoms with van der Waals surface area (Å²) in [5.74, 6) is 5.30. The van der Waals surface area contributed by atoms with Crippen LogP contribution in [0.4, 0.5) is 0 Å². The lowest BCUT2D eigenvalue weighted by Crippen LogP contribution is -2.19. The van der Waals surface area contributed by atoms with E-state index in [4.69, 9.17) is 0 Å². The second-order valence-corrected chi connectivity index (χ2v) is 6.55. The van der Waals surface area contributed by atoms with Gasteiger partial charge < -0.3 is 0 Å². The van der Waals surface area contributed by atoms with Crippen molar-refractivity contribution >= 4 is 11.6 Å². The van der Waals surface area contributed by atoms with Gasteiger partial charge in [0.25, 0.3) is 0 Å². The SMILES string of the molecule is O=C1CC2CC3CC4CC(=O)CC4C3C2C1. The molecule has 0 bridgehead atoms. The van der Waals surface area contributed by atoms with Crippen LogP contribution >= 0.6 is 0 Å². The van der Waals surface area contributed by atoms with Crippen LogP contribution < -0.4 is 0 Å². The minimum Gasteiger partial charge on any atom is -0.300 e. The molecule has 86 valence electrons. The number of fused-ring (bicyclic) bond motifs is 5. The van der Waals surface area contributed by atoms with E-state index >= 15 is 0 Å². The first kappa shape index (κ1) is 9.38. The first-order valence-corrected chi connectivity index (χ1v) is 6.76. The Balaban J connectivity index is 1.64. The van der Waals surface area contributed by atoms with Gasteiger partial charge in [0.15, 0.2) is 0 Å². The Morgan fingerprint density at radius 1 is 0.688 bits per heavy atom. The highest BCUT2D eigenvalue weighted by Gasteiger charge is 2.58. The van der Waals surface area contributed by atoms with Crippen molar-refractivity contribution in [2.45, 2.75) is 38.5 Å². The zero-order chi connectivity index (χ0) is 10.9. The van der Waals surface area contributed by atoms with Gasteiger partial charge in [-0.05, 0) is 48.3 Å². The first-order valence-electron chi connectivity index (χ1n) is 6.76. The van der Waals surface area contributed by atoms with Crippen molar-refractivity contribution in [3.05, 3.63) is 0 Å². The minimum absolute atomic E-state index is 0.487. The highest BCUT2D eigenvalue weighted by atomic mass is 16.1. The van der Waals surface area contributed by atoms with Gasteiger partial charge in [-0.25, -0.2) is 0 Å². The topological polar surface area (TPSA) is 34.1 Å². The molecular weight excluding hydrogens is 200 g/mol. The number of carbonyl (C=O) groups excluding carboxylic acids is 2. The van der Waals surface area contributed by atoms with Gasteiger partial charge in [-0.15, -0.1) is 0 Å². The summed E-state index contributed by atoms with van der Waals surface area (Å²) in [5.41, 5.74) is 0. The Bertz CT molecular complexity index is 339. The van der Waals surface area contributed by atoms with E-state index in [0.717, 1.165) is 37.5 Å². The van der Waals surface area contributed by atoms with Gasteiger partial charge in [0.1, 0.15) is 11.6 Å². The molecule has 4 rings (SSSR count). The molecule has 4 fully saturated rings. The number of hydrogen-bond acceptors (Lipinski definition) is 2. The van der Waals surface area contributed by atoms with Crippen molar-refractivity contribution in [2.75, 3.05) is 0 Å². The van der Waals surface area contributed by atoms with E-state index < -0.39 is 0 Å². The van der Waals surface area contributed by atoms with Gasteiger partial charge >= 0.3 is 0 Å². The smallest absolute Gasteiger partial charge is 0.133 e. The lowest BCUT2D eigenvalue weighted by molar-refractivity contribution is -0.118. The Morgan fingerprint density at radius 3 is 1.69 bits per heavy atom. The molecule has 0 spiro atoms. The maximum atomic E-state index is 11.5. The van der Waals surface area contributed by atoms with Crippen LogP contribution in [0, 0.1) is 35.5 Å². The van der Waals surface area contributed by atoms with Gasteiger partial charge in [0, 0.05) is 25.7 Å². The van der Waals surface area contributed by atoms with E-state index in [1.54, 1.807) is 0 Å². The molecule has 2 heteroatoms. The first-order chi connectivity index (χ1) is 7.72. The predicted molar refractivity (Wildman–Crippen MR) is 58.7 cm³/mol. The summed E-state index contributed by atoms with van der Waals surface area (Å²) in [5, 5.41) is 0. The maximum absolute atomic E-state index is 11.5. The van der Waals surface area contributed by atoms with Crippen molar-refractivity contribution in [3.63, 3.8) is 0 Å². The van der Waals surface area contributed by atoms with Crippen LogP contribution in [0.15, 0.2) is 0 Å². The molecule has 0 heterocycles. The summed E-state index contributed by atoms with van der Waals surface area (Å²) in [6.07, 6.45) is 5.96. The van der Waals surface area contributed by atoms with E-state index in [9.17, 15) is 9.59 Å². The van der Waals surface area contributed by atoms with Crippen molar-refractivity contribution in [1.29, 1.82) is 0 Å². The lowest BCUT2D eigenvalue weighted by atomic mass is 9.81. The fourth-order valence-corrected chi connectivity index (χ4v) is 5.54. The highest BCUT2D eigenvalue weighted by molar-refractivity contribution is 5.82. The van der Waals surface area contributed by atoms with E-state index in [2.05, 4.69) is 0 Å². The summed E-state index contributed by atoms with van der Waals surface area (Å²) in [6.45, 7) is 0. The minimum atomic E-state index is 0.487. The Morgan fingerprint density at radius 2 is 1.19 bits per heavy atom. The molecule has 0 aromatic rings. The van der Waals surface area contributed by atoms with Crippen molar-refractivity contribution < 1.29 is 9.59 Å². The van der Waals surface area contributed by atoms with Gasteiger partial charge in [-0.3, -0.25) is 9.59 Å². The van der Waals surface area contributed by atoms with Crippen LogP contribution in [-0.4, -0.2) is 11.6 Å². The van der Waals surface area contributed by atoms with Crippen LogP contribution in [0.25, 0.3) is 0 Å². The molecule has 16 heavy (non-hydrogen) atoms. The van der Waals surface area contributed by atoms with Gasteiger partial charge in [-0.1, -0.05) is 0 Å². The lowest BCUT2D eigenvalue weighted by Gasteiger charge is -2.23. The summed E-state index contributed by atoms with van der Waals surface area (Å²) in [6, 6.07) is 0. The number of rotatable bonds is 0. The summed E-state index contributed by atoms with van der Waals surface area (Å²) in [7, 11) is 0. The van der Waals surface area contributed by atoms with E-state index in [0.29, 0.717) is 35.2 Å². The second kappa shape index (κ2) is 2.96. The number of hydrogen-bond donors (Lipinski definition) is 0. The molecule has 0 N–H and O–H groups in total. The van der Waals surface area contributed by atoms with E-state index in [1.165, 1.54) is 12.8 Å². The molecule has 4 aliphatic rings. The molecule has 4 aliphatic carbocycles. The zero-order valence-electron chi connectivity index (χ0n) is 9.52. The Kier molecular flexibility index (Phi) is 1.74. The summed E-state index contributed by atoms with van der Waals surface area (Å²) in [4.78, 5) is 23.1. The van der Waals surface area contributed by atoms with Crippen LogP contribution in [-0.2, 0) is 9.59 Å². The van der Waals surface area contributed by atoms with Gasteiger partial charge in [0.05, 0.1) is 0 Å². The van der Waals surface area contributed by atoms with Crippen molar-refractivity contribution in [3.8, 4) is 0 Å². The fourth-order valence-electron chi connectivity index (χ4n) is 5.54. The number of carbonyl (C=O) groups is 2. The molecule has 4 saturated carbocycles. The molecule has 2 nitrogen and oxygen atoms in total. The van der Waals surface area contributed by atoms with Crippen molar-refractivity contribution in [2.24, 2.45) is 35.5 Å². The summed E-state index contributed by atoms with van der Waals surface area (Å²) < 4.78 is 0. The molecular formula is C14H18O2. The Hall–Kier alpha value is -0.660. The van der Waals surface area contributed by atoms with Gasteiger partial charge in [-0.2, -0.15) is 0 Å². The average Bonchev–Trinajstić information content (AvgIpc) is 2.83. The third-order valence-corrected chi connectivity index (χ3v) is 5.86. The molecule has 0 radical (unpaired) electrons. The van der Waals surface area contributed by atoms with Crippen LogP contribution in [0.3, 0.4) is 0 Å². The molecule has 0 aromatic heterocycles. The molecule has 0 aliphatic heterocycles. The summed E-state index contributed by atoms with van der Waals surface area (Å²) >= 11 is 0. The monoisotopic (exact) mass is 218 g/mol. The third-order valence-electron chi connectivity index (χ3n) is 5.86. The third kappa shape index (κ3) is 1.08. The van der Waals surface area contributed by atoms with Crippen LogP contribution in [0.2, 0.25) is 0 Å². The molecule has 0 amide bonds. The molecule has 0 aromatic carbocycles. The van der Waals surface area contributed by atoms with Crippen LogP contribution in [0.1, 0.15) is 38.5 Å². The normalized spacial score (nSPS) is 54.2.